The number of likely N-dealkylation sites (tertiary alicyclic amines) is 1. The zero-order valence-corrected chi connectivity index (χ0v) is 19.3. The molecule has 0 aromatic carbocycles. The van der Waals surface area contributed by atoms with Gasteiger partial charge in [0.2, 0.25) is 5.95 Å². The second-order valence-electron chi connectivity index (χ2n) is 7.54. The molecule has 2 fully saturated rings. The second-order valence-corrected chi connectivity index (χ2v) is 8.58. The van der Waals surface area contributed by atoms with Gasteiger partial charge in [-0.25, -0.2) is 19.6 Å². The Balaban J connectivity index is 0.000000271. The van der Waals surface area contributed by atoms with Gasteiger partial charge in [0.25, 0.3) is 0 Å². The van der Waals surface area contributed by atoms with Crippen molar-refractivity contribution in [2.45, 2.75) is 25.0 Å². The number of aromatic nitrogens is 2. The molecule has 200 valence electrons. The number of hydrogen-bond donors (Lipinski definition) is 2. The van der Waals surface area contributed by atoms with Crippen LogP contribution in [-0.4, -0.2) is 88.3 Å². The summed E-state index contributed by atoms with van der Waals surface area (Å²) in [4.78, 5) is 32.8. The molecule has 0 spiro atoms. The first-order valence-electron chi connectivity index (χ1n) is 10.3. The minimum absolute atomic E-state index is 0.341. The van der Waals surface area contributed by atoms with Gasteiger partial charge in [0.05, 0.1) is 12.7 Å². The number of anilines is 1. The van der Waals surface area contributed by atoms with E-state index in [0.717, 1.165) is 45.3 Å². The Hall–Kier alpha value is -2.98. The van der Waals surface area contributed by atoms with Gasteiger partial charge in [0, 0.05) is 55.9 Å². The maximum Gasteiger partial charge on any atom is 0.490 e. The number of aliphatic carboxylic acids is 2. The van der Waals surface area contributed by atoms with Gasteiger partial charge in [-0.2, -0.15) is 26.3 Å². The van der Waals surface area contributed by atoms with Crippen molar-refractivity contribution >= 4 is 29.2 Å². The number of carbonyl (C=O) groups is 2. The van der Waals surface area contributed by atoms with Crippen molar-refractivity contribution in [1.82, 2.24) is 14.9 Å². The Bertz CT molecular complexity index is 938. The lowest BCUT2D eigenvalue weighted by Crippen LogP contribution is -2.33. The van der Waals surface area contributed by atoms with Crippen LogP contribution < -0.4 is 4.90 Å². The Labute approximate surface area is 204 Å². The molecule has 0 amide bonds. The van der Waals surface area contributed by atoms with E-state index in [1.165, 1.54) is 4.88 Å². The van der Waals surface area contributed by atoms with Crippen molar-refractivity contribution in [3.05, 3.63) is 40.8 Å². The fourth-order valence-electron chi connectivity index (χ4n) is 3.37. The van der Waals surface area contributed by atoms with Crippen LogP contribution in [0.5, 0.6) is 0 Å². The van der Waals surface area contributed by atoms with E-state index in [9.17, 15) is 26.3 Å². The van der Waals surface area contributed by atoms with Gasteiger partial charge in [-0.3, -0.25) is 4.90 Å². The molecule has 9 nitrogen and oxygen atoms in total. The number of rotatable bonds is 3. The van der Waals surface area contributed by atoms with Crippen LogP contribution in [0, 0.1) is 5.92 Å². The van der Waals surface area contributed by atoms with Crippen LogP contribution in [0.25, 0.3) is 0 Å². The van der Waals surface area contributed by atoms with E-state index in [2.05, 4.69) is 37.3 Å². The molecule has 16 heteroatoms. The number of halogens is 6. The Morgan fingerprint density at radius 1 is 1.00 bits per heavy atom. The zero-order valence-electron chi connectivity index (χ0n) is 18.4. The molecule has 0 saturated carbocycles. The third-order valence-electron chi connectivity index (χ3n) is 4.88. The summed E-state index contributed by atoms with van der Waals surface area (Å²) in [5, 5.41) is 16.4. The van der Waals surface area contributed by atoms with Crippen LogP contribution >= 0.6 is 11.3 Å². The summed E-state index contributed by atoms with van der Waals surface area (Å²) in [6.45, 7) is 5.78. The molecule has 2 aromatic rings. The highest BCUT2D eigenvalue weighted by Gasteiger charge is 2.39. The smallest absolute Gasteiger partial charge is 0.475 e. The first kappa shape index (κ1) is 29.3. The van der Waals surface area contributed by atoms with E-state index in [0.29, 0.717) is 12.0 Å². The van der Waals surface area contributed by atoms with E-state index in [-0.39, 0.29) is 0 Å². The van der Waals surface area contributed by atoms with Gasteiger partial charge >= 0.3 is 24.3 Å². The quantitative estimate of drug-likeness (QED) is 0.563. The first-order chi connectivity index (χ1) is 16.8. The summed E-state index contributed by atoms with van der Waals surface area (Å²) in [6, 6.07) is 6.20. The van der Waals surface area contributed by atoms with Crippen molar-refractivity contribution in [2.24, 2.45) is 5.92 Å². The third-order valence-corrected chi connectivity index (χ3v) is 5.75. The molecule has 36 heavy (non-hydrogen) atoms. The lowest BCUT2D eigenvalue weighted by molar-refractivity contribution is -0.193. The molecule has 0 aliphatic carbocycles. The van der Waals surface area contributed by atoms with Crippen molar-refractivity contribution < 1.29 is 50.9 Å². The van der Waals surface area contributed by atoms with E-state index >= 15 is 0 Å². The maximum atomic E-state index is 10.6. The average Bonchev–Trinajstić information content (AvgIpc) is 3.39. The summed E-state index contributed by atoms with van der Waals surface area (Å²) in [5.74, 6) is -4.16. The molecule has 4 heterocycles. The average molecular weight is 544 g/mol. The molecular weight excluding hydrogens is 522 g/mol. The normalized spacial score (nSPS) is 20.2. The first-order valence-corrected chi connectivity index (χ1v) is 11.1. The highest BCUT2D eigenvalue weighted by atomic mass is 32.1. The molecule has 2 aromatic heterocycles. The minimum Gasteiger partial charge on any atom is -0.475 e. The number of carboxylic acid groups (broad SMARTS) is 2. The van der Waals surface area contributed by atoms with Gasteiger partial charge < -0.3 is 19.8 Å². The largest absolute Gasteiger partial charge is 0.490 e. The van der Waals surface area contributed by atoms with E-state index in [1.807, 2.05) is 29.8 Å². The fraction of sp³-hybridized carbons (Fsp3) is 0.500. The lowest BCUT2D eigenvalue weighted by Gasteiger charge is -2.23. The topological polar surface area (TPSA) is 116 Å². The third kappa shape index (κ3) is 9.58. The zero-order chi connectivity index (χ0) is 26.9. The van der Waals surface area contributed by atoms with Crippen molar-refractivity contribution in [3.63, 3.8) is 0 Å². The molecule has 0 bridgehead atoms. The monoisotopic (exact) mass is 544 g/mol. The van der Waals surface area contributed by atoms with Crippen LogP contribution in [0.1, 0.15) is 4.88 Å². The molecule has 2 aliphatic rings. The SMILES string of the molecule is O=C(O)C(F)(F)F.O=C(O)C(F)(F)F.c1cnc(N2CCO[C@@H]3CN(Cc4cccs4)C[C@@H]3C2)nc1. The van der Waals surface area contributed by atoms with Crippen molar-refractivity contribution in [2.75, 3.05) is 37.7 Å². The van der Waals surface area contributed by atoms with Crippen LogP contribution in [0.4, 0.5) is 32.3 Å². The van der Waals surface area contributed by atoms with E-state index in [1.54, 1.807) is 0 Å². The number of fused-ring (bicyclic) bond motifs is 1. The molecule has 2 aliphatic heterocycles. The van der Waals surface area contributed by atoms with Gasteiger partial charge in [-0.1, -0.05) is 6.07 Å². The fourth-order valence-corrected chi connectivity index (χ4v) is 4.11. The van der Waals surface area contributed by atoms with E-state index < -0.39 is 24.3 Å². The Morgan fingerprint density at radius 2 is 1.58 bits per heavy atom. The highest BCUT2D eigenvalue weighted by Crippen LogP contribution is 2.27. The molecule has 2 saturated heterocycles. The maximum absolute atomic E-state index is 10.6. The molecule has 0 radical (unpaired) electrons. The minimum atomic E-state index is -5.08. The number of carboxylic acids is 2. The molecule has 4 rings (SSSR count). The molecule has 0 unspecified atom stereocenters. The summed E-state index contributed by atoms with van der Waals surface area (Å²) >= 11 is 1.83. The Kier molecular flexibility index (Phi) is 10.4. The van der Waals surface area contributed by atoms with E-state index in [4.69, 9.17) is 24.5 Å². The van der Waals surface area contributed by atoms with Crippen LogP contribution in [0.3, 0.4) is 0 Å². The molecule has 2 N–H and O–H groups in total. The van der Waals surface area contributed by atoms with Crippen molar-refractivity contribution in [1.29, 1.82) is 0 Å². The van der Waals surface area contributed by atoms with Crippen LogP contribution in [0.15, 0.2) is 36.0 Å². The summed E-state index contributed by atoms with van der Waals surface area (Å²) < 4.78 is 69.6. The number of nitrogens with zero attached hydrogens (tertiary/aromatic N) is 4. The summed E-state index contributed by atoms with van der Waals surface area (Å²) in [7, 11) is 0. The number of thiophene rings is 1. The Morgan fingerprint density at radius 3 is 2.08 bits per heavy atom. The standard InChI is InChI=1S/C16H20N4OS.2C2HF3O2/c1-3-14(22-8-1)11-19-9-13-10-20(6-7-21-15(13)12-19)16-17-4-2-5-18-16;2*3-2(4,5)1(6)7/h1-5,8,13,15H,6-7,9-12H2;2*(H,6,7)/t13-,15-;;/m1../s1. The lowest BCUT2D eigenvalue weighted by atomic mass is 10.1. The van der Waals surface area contributed by atoms with Crippen LogP contribution in [-0.2, 0) is 20.9 Å². The molecule has 2 atom stereocenters. The number of alkyl halides is 6. The van der Waals surface area contributed by atoms with Crippen LogP contribution in [0.2, 0.25) is 0 Å². The van der Waals surface area contributed by atoms with Gasteiger partial charge in [-0.05, 0) is 17.5 Å². The summed E-state index contributed by atoms with van der Waals surface area (Å²) in [5.41, 5.74) is 0. The van der Waals surface area contributed by atoms with Gasteiger partial charge in [-0.15, -0.1) is 11.3 Å². The number of ether oxygens (including phenoxy) is 1. The number of hydrogen-bond acceptors (Lipinski definition) is 8. The van der Waals surface area contributed by atoms with Gasteiger partial charge in [0.15, 0.2) is 0 Å². The molecular formula is C20H22F6N4O5S. The van der Waals surface area contributed by atoms with Gasteiger partial charge in [0.1, 0.15) is 0 Å². The highest BCUT2D eigenvalue weighted by molar-refractivity contribution is 7.09. The predicted octanol–water partition coefficient (Wildman–Crippen LogP) is 3.14. The second kappa shape index (κ2) is 12.8. The predicted molar refractivity (Wildman–Crippen MR) is 114 cm³/mol. The summed E-state index contributed by atoms with van der Waals surface area (Å²) in [6.07, 6.45) is -6.21. The van der Waals surface area contributed by atoms with Crippen molar-refractivity contribution in [3.8, 4) is 0 Å².